The fourth-order valence-corrected chi connectivity index (χ4v) is 8.29. The highest BCUT2D eigenvalue weighted by molar-refractivity contribution is 6.17. The fourth-order valence-electron chi connectivity index (χ4n) is 8.29. The molecule has 1 N–H and O–H groups in total. The van der Waals surface area contributed by atoms with Crippen molar-refractivity contribution in [3.05, 3.63) is 41.0 Å². The molecule has 0 saturated heterocycles. The minimum Gasteiger partial charge on any atom is -0.478 e. The van der Waals surface area contributed by atoms with E-state index in [1.165, 1.54) is 237 Å². The van der Waals surface area contributed by atoms with Gasteiger partial charge in [0.15, 0.2) is 0 Å². The predicted octanol–water partition coefficient (Wildman–Crippen LogP) is 17.5. The molecule has 0 aliphatic heterocycles. The van der Waals surface area contributed by atoms with Gasteiger partial charge in [-0.05, 0) is 36.6 Å². The van der Waals surface area contributed by atoms with Gasteiger partial charge in [-0.25, -0.2) is 14.4 Å². The van der Waals surface area contributed by atoms with Crippen molar-refractivity contribution >= 4 is 24.0 Å². The third-order valence-electron chi connectivity index (χ3n) is 12.4. The van der Waals surface area contributed by atoms with Crippen molar-refractivity contribution in [3.8, 4) is 0 Å². The summed E-state index contributed by atoms with van der Waals surface area (Å²) in [5.41, 5.74) is 0.541. The molecule has 0 aromatic heterocycles. The highest BCUT2D eigenvalue weighted by atomic mass is 16.6. The summed E-state index contributed by atoms with van der Waals surface area (Å²) in [6.45, 7) is 5.09. The lowest BCUT2D eigenvalue weighted by Crippen LogP contribution is -2.19. The van der Waals surface area contributed by atoms with Crippen molar-refractivity contribution in [2.75, 3.05) is 13.2 Å². The van der Waals surface area contributed by atoms with Crippen LogP contribution in [0.1, 0.15) is 287 Å². The zero-order valence-corrected chi connectivity index (χ0v) is 40.1. The van der Waals surface area contributed by atoms with E-state index >= 15 is 0 Å². The molecule has 0 fully saturated rings. The third-order valence-corrected chi connectivity index (χ3v) is 12.4. The SMILES string of the molecule is CCCCCCCCCCCCCCCCCCCCCCOC(=O)C(=Cc1ccc(C(=O)O)cc1)C(=O)OCCCCCCCCCCCCCCCCCCCCCC. The minimum atomic E-state index is -1.03. The third kappa shape index (κ3) is 36.6. The maximum atomic E-state index is 13.1. The topological polar surface area (TPSA) is 89.9 Å². The molecule has 6 nitrogen and oxygen atoms in total. The molecule has 1 rings (SSSR count). The van der Waals surface area contributed by atoms with Crippen LogP contribution in [0.3, 0.4) is 0 Å². The Morgan fingerprint density at radius 2 is 0.607 bits per heavy atom. The van der Waals surface area contributed by atoms with Crippen molar-refractivity contribution < 1.29 is 29.0 Å². The fraction of sp³-hybridized carbons (Fsp3) is 0.800. The average molecular weight is 853 g/mol. The minimum absolute atomic E-state index is 0.142. The monoisotopic (exact) mass is 853 g/mol. The lowest BCUT2D eigenvalue weighted by atomic mass is 10.0. The molecule has 6 heteroatoms. The first-order valence-electron chi connectivity index (χ1n) is 26.4. The van der Waals surface area contributed by atoms with Gasteiger partial charge in [-0.3, -0.25) is 0 Å². The van der Waals surface area contributed by atoms with E-state index in [9.17, 15) is 19.5 Å². The second-order valence-electron chi connectivity index (χ2n) is 18.2. The number of hydrogen-bond donors (Lipinski definition) is 1. The Hall–Kier alpha value is -2.63. The number of aromatic carboxylic acids is 1. The quantitative estimate of drug-likeness (QED) is 0.0231. The van der Waals surface area contributed by atoms with Gasteiger partial charge in [-0.2, -0.15) is 0 Å². The highest BCUT2D eigenvalue weighted by Crippen LogP contribution is 2.18. The van der Waals surface area contributed by atoms with Gasteiger partial charge in [0.05, 0.1) is 18.8 Å². The lowest BCUT2D eigenvalue weighted by molar-refractivity contribution is -0.147. The molecule has 0 amide bonds. The predicted molar refractivity (Wildman–Crippen MR) is 259 cm³/mol. The van der Waals surface area contributed by atoms with Gasteiger partial charge in [-0.1, -0.05) is 270 Å². The van der Waals surface area contributed by atoms with E-state index in [-0.39, 0.29) is 24.4 Å². The summed E-state index contributed by atoms with van der Waals surface area (Å²) in [6, 6.07) is 6.09. The Kier molecular flexibility index (Phi) is 40.7. The summed E-state index contributed by atoms with van der Waals surface area (Å²) in [6.07, 6.45) is 53.8. The van der Waals surface area contributed by atoms with Crippen LogP contribution in [0.5, 0.6) is 0 Å². The van der Waals surface area contributed by atoms with E-state index in [1.54, 1.807) is 12.1 Å². The Morgan fingerprint density at radius 1 is 0.377 bits per heavy atom. The Bertz CT molecular complexity index is 1110. The van der Waals surface area contributed by atoms with Crippen molar-refractivity contribution in [3.63, 3.8) is 0 Å². The molecule has 0 aliphatic carbocycles. The summed E-state index contributed by atoms with van der Waals surface area (Å²) in [4.78, 5) is 37.5. The van der Waals surface area contributed by atoms with Gasteiger partial charge in [0.1, 0.15) is 5.57 Å². The molecule has 0 saturated carbocycles. The number of hydrogen-bond acceptors (Lipinski definition) is 5. The first-order chi connectivity index (χ1) is 30.0. The molecular formula is C55H96O6. The standard InChI is InChI=1S/C55H96O6/c1-3-5-7-9-11-13-15-17-19-21-23-25-27-29-31-33-35-37-39-41-47-60-54(58)52(49-50-43-45-51(46-44-50)53(56)57)55(59)61-48-42-40-38-36-34-32-30-28-26-24-22-20-18-16-14-12-10-8-6-4-2/h43-46,49H,3-42,47-48H2,1-2H3,(H,56,57). The number of unbranched alkanes of at least 4 members (excludes halogenated alkanes) is 38. The molecule has 61 heavy (non-hydrogen) atoms. The smallest absolute Gasteiger partial charge is 0.345 e. The van der Waals surface area contributed by atoms with Crippen LogP contribution in [-0.2, 0) is 19.1 Å². The Morgan fingerprint density at radius 3 is 0.836 bits per heavy atom. The molecule has 0 bridgehead atoms. The van der Waals surface area contributed by atoms with Gasteiger partial charge in [-0.15, -0.1) is 0 Å². The molecule has 352 valence electrons. The van der Waals surface area contributed by atoms with Crippen molar-refractivity contribution in [2.24, 2.45) is 0 Å². The number of ether oxygens (including phenoxy) is 2. The highest BCUT2D eigenvalue weighted by Gasteiger charge is 2.22. The van der Waals surface area contributed by atoms with E-state index in [4.69, 9.17) is 9.47 Å². The van der Waals surface area contributed by atoms with Crippen molar-refractivity contribution in [1.82, 2.24) is 0 Å². The van der Waals surface area contributed by atoms with Crippen molar-refractivity contribution in [1.29, 1.82) is 0 Å². The molecule has 0 radical (unpaired) electrons. The molecule has 0 heterocycles. The van der Waals surface area contributed by atoms with E-state index < -0.39 is 17.9 Å². The van der Waals surface area contributed by atoms with E-state index in [0.717, 1.165) is 38.5 Å². The maximum absolute atomic E-state index is 13.1. The number of carbonyl (C=O) groups excluding carboxylic acids is 2. The second kappa shape index (κ2) is 44.0. The molecule has 1 aromatic rings. The van der Waals surface area contributed by atoms with Gasteiger partial charge in [0, 0.05) is 0 Å². The largest absolute Gasteiger partial charge is 0.478 e. The van der Waals surface area contributed by atoms with Gasteiger partial charge >= 0.3 is 17.9 Å². The molecule has 0 unspecified atom stereocenters. The van der Waals surface area contributed by atoms with Gasteiger partial charge < -0.3 is 14.6 Å². The van der Waals surface area contributed by atoms with Crippen LogP contribution < -0.4 is 0 Å². The number of carbonyl (C=O) groups is 3. The summed E-state index contributed by atoms with van der Waals surface area (Å²) in [5, 5.41) is 9.26. The van der Waals surface area contributed by atoms with Gasteiger partial charge in [0.2, 0.25) is 0 Å². The van der Waals surface area contributed by atoms with Crippen LogP contribution in [0, 0.1) is 0 Å². The van der Waals surface area contributed by atoms with Crippen LogP contribution in [0.15, 0.2) is 29.8 Å². The van der Waals surface area contributed by atoms with Crippen LogP contribution in [0.4, 0.5) is 0 Å². The van der Waals surface area contributed by atoms with Gasteiger partial charge in [0.25, 0.3) is 0 Å². The first kappa shape index (κ1) is 56.4. The summed E-state index contributed by atoms with van der Waals surface area (Å²) in [5.74, 6) is -2.40. The van der Waals surface area contributed by atoms with Crippen LogP contribution in [0.2, 0.25) is 0 Å². The number of esters is 2. The molecule has 0 spiro atoms. The average Bonchev–Trinajstić information content (AvgIpc) is 3.26. The number of benzene rings is 1. The summed E-state index contributed by atoms with van der Waals surface area (Å²) >= 11 is 0. The molecular weight excluding hydrogens is 757 g/mol. The van der Waals surface area contributed by atoms with E-state index in [2.05, 4.69) is 13.8 Å². The van der Waals surface area contributed by atoms with Crippen LogP contribution in [0.25, 0.3) is 6.08 Å². The number of rotatable bonds is 46. The molecule has 1 aromatic carbocycles. The molecule has 0 aliphatic rings. The lowest BCUT2D eigenvalue weighted by Gasteiger charge is -2.10. The van der Waals surface area contributed by atoms with Crippen LogP contribution >= 0.6 is 0 Å². The number of carboxylic acids is 1. The summed E-state index contributed by atoms with van der Waals surface area (Å²) < 4.78 is 11.1. The normalized spacial score (nSPS) is 11.2. The zero-order valence-electron chi connectivity index (χ0n) is 40.1. The van der Waals surface area contributed by atoms with E-state index in [0.29, 0.717) is 5.56 Å². The first-order valence-corrected chi connectivity index (χ1v) is 26.4. The summed E-state index contributed by atoms with van der Waals surface area (Å²) in [7, 11) is 0. The zero-order chi connectivity index (χ0) is 44.1. The van der Waals surface area contributed by atoms with Crippen molar-refractivity contribution in [2.45, 2.75) is 271 Å². The van der Waals surface area contributed by atoms with Crippen LogP contribution in [-0.4, -0.2) is 36.2 Å². The maximum Gasteiger partial charge on any atom is 0.345 e. The second-order valence-corrected chi connectivity index (χ2v) is 18.2. The Labute approximate surface area is 376 Å². The number of carboxylic acid groups (broad SMARTS) is 1. The van der Waals surface area contributed by atoms with E-state index in [1.807, 2.05) is 0 Å². The Balaban J connectivity index is 2.15. The molecule has 0 atom stereocenters.